The molecule has 5 nitrogen and oxygen atoms in total. The van der Waals surface area contributed by atoms with Gasteiger partial charge in [-0.05, 0) is 11.1 Å². The van der Waals surface area contributed by atoms with Crippen molar-refractivity contribution in [3.63, 3.8) is 0 Å². The first-order valence-electron chi connectivity index (χ1n) is 8.03. The van der Waals surface area contributed by atoms with Crippen LogP contribution >= 0.6 is 0 Å². The Labute approximate surface area is 141 Å². The average Bonchev–Trinajstić information content (AvgIpc) is 2.63. The van der Waals surface area contributed by atoms with Gasteiger partial charge in [0.25, 0.3) is 0 Å². The molecule has 24 heavy (non-hydrogen) atoms. The molecule has 1 unspecified atom stereocenters. The number of hydrogen-bond acceptors (Lipinski definition) is 3. The summed E-state index contributed by atoms with van der Waals surface area (Å²) in [5.74, 6) is -0.137. The average molecular weight is 324 g/mol. The Kier molecular flexibility index (Phi) is 5.11. The molecule has 1 aliphatic heterocycles. The van der Waals surface area contributed by atoms with E-state index in [0.717, 1.165) is 11.1 Å². The Balaban J connectivity index is 1.66. The van der Waals surface area contributed by atoms with E-state index >= 15 is 0 Å². The second-order valence-corrected chi connectivity index (χ2v) is 5.73. The predicted octanol–water partition coefficient (Wildman–Crippen LogP) is 2.37. The molecule has 2 amide bonds. The molecule has 0 bridgehead atoms. The van der Waals surface area contributed by atoms with E-state index in [2.05, 4.69) is 5.32 Å². The van der Waals surface area contributed by atoms with E-state index in [1.165, 1.54) is 4.90 Å². The van der Waals surface area contributed by atoms with E-state index in [1.54, 1.807) is 0 Å². The summed E-state index contributed by atoms with van der Waals surface area (Å²) in [5.41, 5.74) is 1.94. The standard InChI is InChI=1S/C19H20N2O3/c22-18-17(13-15-7-3-1-4-8-15)21(12-11-20-18)19(23)24-14-16-9-5-2-6-10-16/h1-10,17H,11-14H2,(H,20,22). The highest BCUT2D eigenvalue weighted by Crippen LogP contribution is 2.14. The van der Waals surface area contributed by atoms with Crippen molar-refractivity contribution in [2.75, 3.05) is 13.1 Å². The molecule has 0 aliphatic carbocycles. The molecule has 1 aliphatic rings. The first-order valence-corrected chi connectivity index (χ1v) is 8.03. The van der Waals surface area contributed by atoms with Crippen molar-refractivity contribution in [3.05, 3.63) is 71.8 Å². The maximum Gasteiger partial charge on any atom is 0.410 e. The molecule has 1 N–H and O–H groups in total. The topological polar surface area (TPSA) is 58.6 Å². The fraction of sp³-hybridized carbons (Fsp3) is 0.263. The summed E-state index contributed by atoms with van der Waals surface area (Å²) >= 11 is 0. The van der Waals surface area contributed by atoms with Gasteiger partial charge >= 0.3 is 6.09 Å². The minimum Gasteiger partial charge on any atom is -0.445 e. The molecule has 2 aromatic rings. The summed E-state index contributed by atoms with van der Waals surface area (Å²) in [6.45, 7) is 1.11. The Hall–Kier alpha value is -2.82. The van der Waals surface area contributed by atoms with Crippen molar-refractivity contribution in [2.24, 2.45) is 0 Å². The van der Waals surface area contributed by atoms with Crippen molar-refractivity contribution in [2.45, 2.75) is 19.1 Å². The van der Waals surface area contributed by atoms with E-state index in [9.17, 15) is 9.59 Å². The van der Waals surface area contributed by atoms with Crippen molar-refractivity contribution < 1.29 is 14.3 Å². The minimum atomic E-state index is -0.538. The van der Waals surface area contributed by atoms with Gasteiger partial charge in [0.05, 0.1) is 0 Å². The second-order valence-electron chi connectivity index (χ2n) is 5.73. The van der Waals surface area contributed by atoms with Gasteiger partial charge in [0, 0.05) is 19.5 Å². The maximum atomic E-state index is 12.4. The molecule has 124 valence electrons. The lowest BCUT2D eigenvalue weighted by Gasteiger charge is -2.34. The van der Waals surface area contributed by atoms with E-state index in [1.807, 2.05) is 60.7 Å². The number of benzene rings is 2. The van der Waals surface area contributed by atoms with Gasteiger partial charge in [-0.2, -0.15) is 0 Å². The second kappa shape index (κ2) is 7.64. The van der Waals surface area contributed by atoms with E-state index < -0.39 is 12.1 Å². The summed E-state index contributed by atoms with van der Waals surface area (Å²) < 4.78 is 5.39. The highest BCUT2D eigenvalue weighted by Gasteiger charge is 2.34. The highest BCUT2D eigenvalue weighted by molar-refractivity contribution is 5.87. The minimum absolute atomic E-state index is 0.137. The van der Waals surface area contributed by atoms with Crippen LogP contribution in [0.4, 0.5) is 4.79 Å². The third-order valence-corrected chi connectivity index (χ3v) is 4.04. The molecule has 1 heterocycles. The predicted molar refractivity (Wildman–Crippen MR) is 90.3 cm³/mol. The van der Waals surface area contributed by atoms with Crippen LogP contribution in [0.25, 0.3) is 0 Å². The van der Waals surface area contributed by atoms with Gasteiger partial charge in [-0.3, -0.25) is 9.69 Å². The van der Waals surface area contributed by atoms with Crippen LogP contribution in [-0.2, 0) is 22.6 Å². The van der Waals surface area contributed by atoms with Crippen LogP contribution in [0, 0.1) is 0 Å². The fourth-order valence-electron chi connectivity index (χ4n) is 2.78. The van der Waals surface area contributed by atoms with Crippen LogP contribution < -0.4 is 5.32 Å². The summed E-state index contributed by atoms with van der Waals surface area (Å²) in [6.07, 6.45) is 0.0299. The van der Waals surface area contributed by atoms with Crippen LogP contribution in [0.5, 0.6) is 0 Å². The Morgan fingerprint density at radius 2 is 1.67 bits per heavy atom. The van der Waals surface area contributed by atoms with Gasteiger partial charge in [0.15, 0.2) is 0 Å². The summed E-state index contributed by atoms with van der Waals surface area (Å²) in [6, 6.07) is 18.7. The molecule has 3 rings (SSSR count). The van der Waals surface area contributed by atoms with Crippen molar-refractivity contribution in [1.29, 1.82) is 0 Å². The van der Waals surface area contributed by atoms with Crippen molar-refractivity contribution >= 4 is 12.0 Å². The van der Waals surface area contributed by atoms with Gasteiger partial charge in [-0.15, -0.1) is 0 Å². The summed E-state index contributed by atoms with van der Waals surface area (Å²) in [5, 5.41) is 2.82. The number of rotatable bonds is 4. The van der Waals surface area contributed by atoms with Gasteiger partial charge in [0.2, 0.25) is 5.91 Å². The highest BCUT2D eigenvalue weighted by atomic mass is 16.6. The van der Waals surface area contributed by atoms with Gasteiger partial charge in [0.1, 0.15) is 12.6 Å². The van der Waals surface area contributed by atoms with Gasteiger partial charge < -0.3 is 10.1 Å². The first-order chi connectivity index (χ1) is 11.7. The van der Waals surface area contributed by atoms with Crippen LogP contribution in [-0.4, -0.2) is 36.0 Å². The number of nitrogens with zero attached hydrogens (tertiary/aromatic N) is 1. The van der Waals surface area contributed by atoms with Crippen LogP contribution in [0.2, 0.25) is 0 Å². The largest absolute Gasteiger partial charge is 0.445 e. The van der Waals surface area contributed by atoms with Crippen molar-refractivity contribution in [1.82, 2.24) is 10.2 Å². The number of piperazine rings is 1. The van der Waals surface area contributed by atoms with Crippen molar-refractivity contribution in [3.8, 4) is 0 Å². The molecule has 0 radical (unpaired) electrons. The van der Waals surface area contributed by atoms with E-state index in [-0.39, 0.29) is 12.5 Å². The van der Waals surface area contributed by atoms with Crippen LogP contribution in [0.3, 0.4) is 0 Å². The number of amides is 2. The summed E-state index contributed by atoms with van der Waals surface area (Å²) in [7, 11) is 0. The molecular weight excluding hydrogens is 304 g/mol. The van der Waals surface area contributed by atoms with Gasteiger partial charge in [-0.1, -0.05) is 60.7 Å². The first kappa shape index (κ1) is 16.1. The molecule has 1 saturated heterocycles. The molecule has 1 fully saturated rings. The number of carbonyl (C=O) groups is 2. The molecule has 0 spiro atoms. The quantitative estimate of drug-likeness (QED) is 0.939. The van der Waals surface area contributed by atoms with E-state index in [0.29, 0.717) is 19.5 Å². The maximum absolute atomic E-state index is 12.4. The lowest BCUT2D eigenvalue weighted by atomic mass is 10.0. The fourth-order valence-corrected chi connectivity index (χ4v) is 2.78. The lowest BCUT2D eigenvalue weighted by Crippen LogP contribution is -2.58. The van der Waals surface area contributed by atoms with Crippen LogP contribution in [0.15, 0.2) is 60.7 Å². The Morgan fingerprint density at radius 1 is 1.04 bits per heavy atom. The number of hydrogen-bond donors (Lipinski definition) is 1. The SMILES string of the molecule is O=C1NCCN(C(=O)OCc2ccccc2)C1Cc1ccccc1. The molecule has 2 aromatic carbocycles. The molecule has 0 saturated carbocycles. The van der Waals surface area contributed by atoms with Gasteiger partial charge in [-0.25, -0.2) is 4.79 Å². The zero-order valence-corrected chi connectivity index (χ0v) is 13.4. The normalized spacial score (nSPS) is 17.2. The zero-order chi connectivity index (χ0) is 16.8. The Morgan fingerprint density at radius 3 is 2.33 bits per heavy atom. The zero-order valence-electron chi connectivity index (χ0n) is 13.4. The molecular formula is C19H20N2O3. The van der Waals surface area contributed by atoms with Crippen LogP contribution in [0.1, 0.15) is 11.1 Å². The monoisotopic (exact) mass is 324 g/mol. The van der Waals surface area contributed by atoms with E-state index in [4.69, 9.17) is 4.74 Å². The number of carbonyl (C=O) groups excluding carboxylic acids is 2. The molecule has 0 aromatic heterocycles. The molecule has 1 atom stereocenters. The third-order valence-electron chi connectivity index (χ3n) is 4.04. The summed E-state index contributed by atoms with van der Waals surface area (Å²) in [4.78, 5) is 26.2. The smallest absolute Gasteiger partial charge is 0.410 e. The number of ether oxygens (including phenoxy) is 1. The molecule has 5 heteroatoms. The lowest BCUT2D eigenvalue weighted by molar-refractivity contribution is -0.128. The third kappa shape index (κ3) is 3.93. The number of nitrogens with one attached hydrogen (secondary N) is 1. The Bertz CT molecular complexity index is 688.